The standard InChI is InChI=1S/C21H29NO2S/c1-6-16(3)19-10-8-9-11-20(19)22-25(23,24)18-14-12-17(13-15-18)21(4,5)7-2/h8-16,22H,6-7H2,1-5H3. The first-order valence-electron chi connectivity index (χ1n) is 8.93. The van der Waals surface area contributed by atoms with Crippen molar-refractivity contribution in [1.29, 1.82) is 0 Å². The number of rotatable bonds is 7. The SMILES string of the molecule is CCC(C)c1ccccc1NS(=O)(=O)c1ccc(C(C)(C)CC)cc1. The molecule has 0 saturated carbocycles. The fourth-order valence-electron chi connectivity index (χ4n) is 2.73. The van der Waals surface area contributed by atoms with E-state index in [0.717, 1.165) is 24.0 Å². The molecule has 136 valence electrons. The Hall–Kier alpha value is -1.81. The predicted octanol–water partition coefficient (Wildman–Crippen LogP) is 5.69. The van der Waals surface area contributed by atoms with Crippen molar-refractivity contribution >= 4 is 15.7 Å². The molecule has 0 spiro atoms. The fraction of sp³-hybridized carbons (Fsp3) is 0.429. The molecule has 2 rings (SSSR count). The normalized spacial score (nSPS) is 13.5. The molecule has 0 saturated heterocycles. The quantitative estimate of drug-likeness (QED) is 0.690. The van der Waals surface area contributed by atoms with Crippen LogP contribution >= 0.6 is 0 Å². The monoisotopic (exact) mass is 359 g/mol. The molecule has 1 atom stereocenters. The summed E-state index contributed by atoms with van der Waals surface area (Å²) in [7, 11) is -3.60. The Morgan fingerprint density at radius 3 is 2.16 bits per heavy atom. The maximum atomic E-state index is 12.8. The zero-order valence-corrected chi connectivity index (χ0v) is 16.7. The second-order valence-electron chi connectivity index (χ2n) is 7.26. The van der Waals surface area contributed by atoms with Crippen molar-refractivity contribution in [1.82, 2.24) is 0 Å². The summed E-state index contributed by atoms with van der Waals surface area (Å²) in [5, 5.41) is 0. The molecule has 0 heterocycles. The van der Waals surface area contributed by atoms with Crippen LogP contribution in [0.1, 0.15) is 64.5 Å². The van der Waals surface area contributed by atoms with Crippen LogP contribution in [0.2, 0.25) is 0 Å². The predicted molar refractivity (Wildman–Crippen MR) is 106 cm³/mol. The number of hydrogen-bond acceptors (Lipinski definition) is 2. The van der Waals surface area contributed by atoms with E-state index in [-0.39, 0.29) is 5.41 Å². The van der Waals surface area contributed by atoms with Gasteiger partial charge in [0.1, 0.15) is 0 Å². The van der Waals surface area contributed by atoms with E-state index < -0.39 is 10.0 Å². The molecule has 25 heavy (non-hydrogen) atoms. The van der Waals surface area contributed by atoms with Gasteiger partial charge in [-0.2, -0.15) is 0 Å². The van der Waals surface area contributed by atoms with Crippen LogP contribution in [0.5, 0.6) is 0 Å². The molecule has 1 unspecified atom stereocenters. The molecular formula is C21H29NO2S. The average Bonchev–Trinajstić information content (AvgIpc) is 2.61. The van der Waals surface area contributed by atoms with Crippen LogP contribution in [0, 0.1) is 0 Å². The molecule has 2 aromatic rings. The Morgan fingerprint density at radius 2 is 1.60 bits per heavy atom. The largest absolute Gasteiger partial charge is 0.279 e. The molecule has 0 fully saturated rings. The molecule has 0 amide bonds. The number of anilines is 1. The first-order valence-corrected chi connectivity index (χ1v) is 10.4. The van der Waals surface area contributed by atoms with E-state index in [1.807, 2.05) is 36.4 Å². The van der Waals surface area contributed by atoms with Gasteiger partial charge in [0.25, 0.3) is 10.0 Å². The van der Waals surface area contributed by atoms with Crippen LogP contribution < -0.4 is 4.72 Å². The van der Waals surface area contributed by atoms with Crippen LogP contribution in [0.25, 0.3) is 0 Å². The van der Waals surface area contributed by atoms with Gasteiger partial charge in [-0.25, -0.2) is 8.42 Å². The highest BCUT2D eigenvalue weighted by atomic mass is 32.2. The van der Waals surface area contributed by atoms with Gasteiger partial charge in [-0.15, -0.1) is 0 Å². The molecule has 4 heteroatoms. The Morgan fingerprint density at radius 1 is 1.00 bits per heavy atom. The zero-order valence-electron chi connectivity index (χ0n) is 15.8. The summed E-state index contributed by atoms with van der Waals surface area (Å²) in [6.07, 6.45) is 1.96. The van der Waals surface area contributed by atoms with Crippen molar-refractivity contribution < 1.29 is 8.42 Å². The van der Waals surface area contributed by atoms with Gasteiger partial charge in [-0.05, 0) is 53.5 Å². The molecule has 0 aliphatic heterocycles. The molecule has 0 aromatic heterocycles. The van der Waals surface area contributed by atoms with Gasteiger partial charge >= 0.3 is 0 Å². The van der Waals surface area contributed by atoms with Gasteiger partial charge in [0.2, 0.25) is 0 Å². The first kappa shape index (κ1) is 19.5. The summed E-state index contributed by atoms with van der Waals surface area (Å²) in [4.78, 5) is 0.294. The Bertz CT molecular complexity index is 808. The van der Waals surface area contributed by atoms with Gasteiger partial charge in [0.15, 0.2) is 0 Å². The van der Waals surface area contributed by atoms with Crippen LogP contribution in [0.15, 0.2) is 53.4 Å². The van der Waals surface area contributed by atoms with Crippen LogP contribution in [0.3, 0.4) is 0 Å². The van der Waals surface area contributed by atoms with E-state index in [1.54, 1.807) is 12.1 Å². The van der Waals surface area contributed by atoms with Crippen LogP contribution in [0.4, 0.5) is 5.69 Å². The molecular weight excluding hydrogens is 330 g/mol. The van der Waals surface area contributed by atoms with Crippen LogP contribution in [-0.4, -0.2) is 8.42 Å². The number of para-hydroxylation sites is 1. The van der Waals surface area contributed by atoms with Gasteiger partial charge in [0.05, 0.1) is 10.6 Å². The lowest BCUT2D eigenvalue weighted by atomic mass is 9.82. The third kappa shape index (κ3) is 4.43. The van der Waals surface area contributed by atoms with Crippen molar-refractivity contribution in [2.75, 3.05) is 4.72 Å². The average molecular weight is 360 g/mol. The van der Waals surface area contributed by atoms with Crippen molar-refractivity contribution in [2.24, 2.45) is 0 Å². The van der Waals surface area contributed by atoms with E-state index in [0.29, 0.717) is 16.5 Å². The van der Waals surface area contributed by atoms with E-state index in [1.165, 1.54) is 0 Å². The van der Waals surface area contributed by atoms with E-state index in [2.05, 4.69) is 39.3 Å². The Kier molecular flexibility index (Phi) is 5.94. The topological polar surface area (TPSA) is 46.2 Å². The van der Waals surface area contributed by atoms with Gasteiger partial charge in [0, 0.05) is 0 Å². The second-order valence-corrected chi connectivity index (χ2v) is 8.95. The van der Waals surface area contributed by atoms with E-state index in [4.69, 9.17) is 0 Å². The fourth-order valence-corrected chi connectivity index (χ4v) is 3.82. The van der Waals surface area contributed by atoms with E-state index >= 15 is 0 Å². The smallest absolute Gasteiger partial charge is 0.261 e. The molecule has 3 nitrogen and oxygen atoms in total. The zero-order chi connectivity index (χ0) is 18.7. The number of benzene rings is 2. The van der Waals surface area contributed by atoms with E-state index in [9.17, 15) is 8.42 Å². The molecule has 0 bridgehead atoms. The highest BCUT2D eigenvalue weighted by molar-refractivity contribution is 7.92. The molecule has 0 aliphatic carbocycles. The minimum absolute atomic E-state index is 0.0406. The Balaban J connectivity index is 2.32. The van der Waals surface area contributed by atoms with Gasteiger partial charge in [-0.3, -0.25) is 4.72 Å². The number of sulfonamides is 1. The summed E-state index contributed by atoms with van der Waals surface area (Å²) < 4.78 is 28.3. The van der Waals surface area contributed by atoms with Crippen molar-refractivity contribution in [3.8, 4) is 0 Å². The summed E-state index contributed by atoms with van der Waals surface area (Å²) in [6, 6.07) is 14.8. The molecule has 2 aromatic carbocycles. The van der Waals surface area contributed by atoms with Crippen molar-refractivity contribution in [2.45, 2.75) is 63.7 Å². The third-order valence-electron chi connectivity index (χ3n) is 5.18. The van der Waals surface area contributed by atoms with Crippen molar-refractivity contribution in [3.05, 3.63) is 59.7 Å². The maximum Gasteiger partial charge on any atom is 0.261 e. The molecule has 0 radical (unpaired) electrons. The lowest BCUT2D eigenvalue weighted by molar-refractivity contribution is 0.506. The highest BCUT2D eigenvalue weighted by Gasteiger charge is 2.21. The van der Waals surface area contributed by atoms with Gasteiger partial charge in [-0.1, -0.05) is 65.0 Å². The molecule has 1 N–H and O–H groups in total. The first-order chi connectivity index (χ1) is 11.7. The highest BCUT2D eigenvalue weighted by Crippen LogP contribution is 2.30. The number of hydrogen-bond donors (Lipinski definition) is 1. The minimum atomic E-state index is -3.60. The maximum absolute atomic E-state index is 12.8. The lowest BCUT2D eigenvalue weighted by Crippen LogP contribution is -2.17. The Labute approximate surface area is 152 Å². The second kappa shape index (κ2) is 7.61. The molecule has 0 aliphatic rings. The van der Waals surface area contributed by atoms with Gasteiger partial charge < -0.3 is 0 Å². The lowest BCUT2D eigenvalue weighted by Gasteiger charge is -2.23. The van der Waals surface area contributed by atoms with Crippen molar-refractivity contribution in [3.63, 3.8) is 0 Å². The van der Waals surface area contributed by atoms with Crippen LogP contribution in [-0.2, 0) is 15.4 Å². The number of nitrogens with one attached hydrogen (secondary N) is 1. The third-order valence-corrected chi connectivity index (χ3v) is 6.56. The summed E-state index contributed by atoms with van der Waals surface area (Å²) in [5.41, 5.74) is 2.87. The minimum Gasteiger partial charge on any atom is -0.279 e. The summed E-state index contributed by atoms with van der Waals surface area (Å²) in [6.45, 7) is 10.7. The summed E-state index contributed by atoms with van der Waals surface area (Å²) in [5.74, 6) is 0.298. The summed E-state index contributed by atoms with van der Waals surface area (Å²) >= 11 is 0.